The van der Waals surface area contributed by atoms with Gasteiger partial charge in [-0.1, -0.05) is 12.2 Å². The quantitative estimate of drug-likeness (QED) is 0.644. The van der Waals surface area contributed by atoms with Gasteiger partial charge in [-0.05, 0) is 37.1 Å². The number of rotatable bonds is 6. The van der Waals surface area contributed by atoms with Gasteiger partial charge in [0.15, 0.2) is 11.5 Å². The van der Waals surface area contributed by atoms with Crippen LogP contribution in [0.5, 0.6) is 11.5 Å². The summed E-state index contributed by atoms with van der Waals surface area (Å²) in [5.74, 6) is 0.979. The Bertz CT molecular complexity index is 570. The first kappa shape index (κ1) is 16.7. The van der Waals surface area contributed by atoms with E-state index in [0.29, 0.717) is 22.6 Å². The van der Waals surface area contributed by atoms with Crippen molar-refractivity contribution >= 4 is 12.2 Å². The fourth-order valence-corrected chi connectivity index (χ4v) is 1.63. The molecule has 0 aliphatic carbocycles. The molecule has 1 N–H and O–H groups in total. The lowest BCUT2D eigenvalue weighted by molar-refractivity contribution is -0.400. The molecule has 0 atom stereocenters. The molecule has 0 saturated carbocycles. The molecule has 0 unspecified atom stereocenters. The van der Waals surface area contributed by atoms with Crippen molar-refractivity contribution < 1.29 is 19.5 Å². The Morgan fingerprint density at radius 3 is 2.00 bits per heavy atom. The van der Waals surface area contributed by atoms with Gasteiger partial charge in [0.2, 0.25) is 6.20 Å². The fraction of sp³-hybridized carbons (Fsp3) is 0.333. The molecule has 21 heavy (non-hydrogen) atoms. The van der Waals surface area contributed by atoms with E-state index in [-0.39, 0.29) is 0 Å². The van der Waals surface area contributed by atoms with Crippen LogP contribution in [0.4, 0.5) is 0 Å². The van der Waals surface area contributed by atoms with Crippen LogP contribution in [0.15, 0.2) is 24.4 Å². The van der Waals surface area contributed by atoms with Crippen molar-refractivity contribution in [3.63, 3.8) is 0 Å². The highest BCUT2D eigenvalue weighted by Crippen LogP contribution is 2.32. The van der Waals surface area contributed by atoms with E-state index >= 15 is 0 Å². The molecule has 0 heterocycles. The molecule has 1 aromatic rings. The number of nitrogens with zero attached hydrogens (tertiary/aromatic N) is 1. The third kappa shape index (κ3) is 5.27. The van der Waals surface area contributed by atoms with Gasteiger partial charge in [0.05, 0.1) is 24.7 Å². The molecular weight excluding hydrogens is 274 g/mol. The molecule has 1 aromatic carbocycles. The summed E-state index contributed by atoms with van der Waals surface area (Å²) in [7, 11) is 3.00. The van der Waals surface area contributed by atoms with Crippen LogP contribution >= 0.6 is 0 Å². The highest BCUT2D eigenvalue weighted by atomic mass is 16.6. The number of hydrogen-bond acceptors (Lipinski definition) is 5. The maximum absolute atomic E-state index is 10.5. The lowest BCUT2D eigenvalue weighted by Gasteiger charge is -2.13. The molecule has 0 bridgehead atoms. The maximum Gasteiger partial charge on any atom is 0.235 e. The van der Waals surface area contributed by atoms with E-state index < -0.39 is 10.5 Å². The second-order valence-electron chi connectivity index (χ2n) is 4.92. The molecule has 0 aromatic heterocycles. The number of ether oxygens (including phenoxy) is 2. The van der Waals surface area contributed by atoms with Gasteiger partial charge in [0.1, 0.15) is 0 Å². The predicted molar refractivity (Wildman–Crippen MR) is 80.9 cm³/mol. The smallest absolute Gasteiger partial charge is 0.235 e. The molecule has 0 spiro atoms. The molecule has 0 fully saturated rings. The van der Waals surface area contributed by atoms with Gasteiger partial charge in [-0.3, -0.25) is 10.1 Å². The molecule has 0 aliphatic heterocycles. The van der Waals surface area contributed by atoms with Crippen LogP contribution in [0.2, 0.25) is 0 Å². The monoisotopic (exact) mass is 293 g/mol. The number of aliphatic hydroxyl groups is 1. The number of hydrogen-bond donors (Lipinski definition) is 1. The van der Waals surface area contributed by atoms with Crippen molar-refractivity contribution in [2.45, 2.75) is 19.4 Å². The lowest BCUT2D eigenvalue weighted by Crippen LogP contribution is -2.13. The Kier molecular flexibility index (Phi) is 5.49. The fourth-order valence-electron chi connectivity index (χ4n) is 1.63. The Morgan fingerprint density at radius 1 is 1.14 bits per heavy atom. The molecule has 1 rings (SSSR count). The average molecular weight is 293 g/mol. The number of nitro groups is 1. The van der Waals surface area contributed by atoms with Gasteiger partial charge in [-0.2, -0.15) is 0 Å². The number of methoxy groups -OCH3 is 2. The highest BCUT2D eigenvalue weighted by Gasteiger charge is 2.11. The van der Waals surface area contributed by atoms with Crippen LogP contribution in [0.3, 0.4) is 0 Å². The zero-order valence-electron chi connectivity index (χ0n) is 12.5. The Hall–Kier alpha value is -2.34. The summed E-state index contributed by atoms with van der Waals surface area (Å²) in [6.45, 7) is 3.27. The molecular formula is C15H19NO5. The van der Waals surface area contributed by atoms with Crippen molar-refractivity contribution in [1.82, 2.24) is 0 Å². The summed E-state index contributed by atoms with van der Waals surface area (Å²) in [4.78, 5) is 9.94. The maximum atomic E-state index is 10.5. The standard InChI is InChI=1S/C15H19NO5/c1-15(2,17)7-5-11-9-13(20-3)14(21-4)10-12(11)6-8-16(18)19/h5-10,17H,1-4H3/b7-5+,8-6+. The first-order valence-corrected chi connectivity index (χ1v) is 6.26. The van der Waals surface area contributed by atoms with Crippen molar-refractivity contribution in [3.8, 4) is 11.5 Å². The van der Waals surface area contributed by atoms with E-state index in [1.54, 1.807) is 38.1 Å². The topological polar surface area (TPSA) is 81.8 Å². The van der Waals surface area contributed by atoms with Gasteiger partial charge in [-0.25, -0.2) is 0 Å². The van der Waals surface area contributed by atoms with Gasteiger partial charge < -0.3 is 14.6 Å². The number of benzene rings is 1. The van der Waals surface area contributed by atoms with Crippen LogP contribution in [0.1, 0.15) is 25.0 Å². The minimum atomic E-state index is -0.989. The minimum Gasteiger partial charge on any atom is -0.493 e. The highest BCUT2D eigenvalue weighted by molar-refractivity contribution is 5.69. The normalized spacial score (nSPS) is 12.0. The van der Waals surface area contributed by atoms with E-state index in [9.17, 15) is 15.2 Å². The van der Waals surface area contributed by atoms with Crippen molar-refractivity contribution in [2.24, 2.45) is 0 Å². The van der Waals surface area contributed by atoms with Gasteiger partial charge >= 0.3 is 0 Å². The molecule has 6 nitrogen and oxygen atoms in total. The summed E-state index contributed by atoms with van der Waals surface area (Å²) >= 11 is 0. The van der Waals surface area contributed by atoms with E-state index in [2.05, 4.69) is 0 Å². The van der Waals surface area contributed by atoms with Gasteiger partial charge in [0, 0.05) is 6.08 Å². The SMILES string of the molecule is COc1cc(/C=C/[N+](=O)[O-])c(/C=C/C(C)(C)O)cc1OC. The second kappa shape index (κ2) is 6.90. The van der Waals surface area contributed by atoms with E-state index in [4.69, 9.17) is 9.47 Å². The zero-order valence-corrected chi connectivity index (χ0v) is 12.5. The third-order valence-corrected chi connectivity index (χ3v) is 2.64. The van der Waals surface area contributed by atoms with Crippen LogP contribution in [-0.2, 0) is 0 Å². The molecule has 0 aliphatic rings. The summed E-state index contributed by atoms with van der Waals surface area (Å²) in [5, 5.41) is 20.2. The lowest BCUT2D eigenvalue weighted by atomic mass is 10.0. The Morgan fingerprint density at radius 2 is 1.62 bits per heavy atom. The Balaban J connectivity index is 3.36. The molecule has 6 heteroatoms. The van der Waals surface area contributed by atoms with Crippen LogP contribution in [0.25, 0.3) is 12.2 Å². The van der Waals surface area contributed by atoms with Crippen molar-refractivity contribution in [2.75, 3.05) is 14.2 Å². The summed E-state index contributed by atoms with van der Waals surface area (Å²) < 4.78 is 10.4. The van der Waals surface area contributed by atoms with Crippen LogP contribution in [0, 0.1) is 10.1 Å². The first-order valence-electron chi connectivity index (χ1n) is 6.26. The van der Waals surface area contributed by atoms with E-state index in [1.165, 1.54) is 20.3 Å². The van der Waals surface area contributed by atoms with Crippen LogP contribution < -0.4 is 9.47 Å². The summed E-state index contributed by atoms with van der Waals surface area (Å²) in [6.07, 6.45) is 5.49. The molecule has 114 valence electrons. The van der Waals surface area contributed by atoms with Gasteiger partial charge in [0.25, 0.3) is 0 Å². The predicted octanol–water partition coefficient (Wildman–Crippen LogP) is 2.74. The van der Waals surface area contributed by atoms with E-state index in [1.807, 2.05) is 0 Å². The van der Waals surface area contributed by atoms with Crippen LogP contribution in [-0.4, -0.2) is 29.9 Å². The molecule has 0 amide bonds. The van der Waals surface area contributed by atoms with Gasteiger partial charge in [-0.15, -0.1) is 0 Å². The zero-order chi connectivity index (χ0) is 16.0. The first-order chi connectivity index (χ1) is 9.76. The van der Waals surface area contributed by atoms with Crippen molar-refractivity contribution in [3.05, 3.63) is 45.6 Å². The molecule has 0 radical (unpaired) electrons. The summed E-state index contributed by atoms with van der Waals surface area (Å²) in [5.41, 5.74) is 0.273. The second-order valence-corrected chi connectivity index (χ2v) is 4.92. The average Bonchev–Trinajstić information content (AvgIpc) is 2.41. The Labute approximate surface area is 123 Å². The third-order valence-electron chi connectivity index (χ3n) is 2.64. The summed E-state index contributed by atoms with van der Waals surface area (Å²) in [6, 6.07) is 3.34. The largest absolute Gasteiger partial charge is 0.493 e. The molecule has 0 saturated heterocycles. The van der Waals surface area contributed by atoms with E-state index in [0.717, 1.165) is 6.20 Å². The minimum absolute atomic E-state index is 0.473. The van der Waals surface area contributed by atoms with Crippen molar-refractivity contribution in [1.29, 1.82) is 0 Å².